The minimum absolute atomic E-state index is 0. The third-order valence-corrected chi connectivity index (χ3v) is 4.77. The summed E-state index contributed by atoms with van der Waals surface area (Å²) in [5, 5.41) is 5.73. The Labute approximate surface area is 153 Å². The summed E-state index contributed by atoms with van der Waals surface area (Å²) in [5.41, 5.74) is 1.79. The monoisotopic (exact) mass is 387 g/mol. The van der Waals surface area contributed by atoms with Crippen molar-refractivity contribution < 1.29 is 17.6 Å². The molecule has 0 saturated heterocycles. The highest BCUT2D eigenvalue weighted by molar-refractivity contribution is 7.89. The van der Waals surface area contributed by atoms with Gasteiger partial charge in [0.1, 0.15) is 5.76 Å². The average molecular weight is 388 g/mol. The van der Waals surface area contributed by atoms with Gasteiger partial charge >= 0.3 is 0 Å². The summed E-state index contributed by atoms with van der Waals surface area (Å²) in [4.78, 5) is 12.5. The number of hydrogen-bond donors (Lipinski definition) is 3. The number of carbonyl (C=O) groups is 1. The molecule has 138 valence electrons. The molecule has 0 spiro atoms. The van der Waals surface area contributed by atoms with Crippen molar-refractivity contribution in [2.24, 2.45) is 0 Å². The normalized spacial score (nSPS) is 11.0. The third kappa shape index (κ3) is 5.05. The largest absolute Gasteiger partial charge is 0.448 e. The third-order valence-electron chi connectivity index (χ3n) is 3.50. The van der Waals surface area contributed by atoms with Crippen molar-refractivity contribution in [3.63, 3.8) is 0 Å². The Kier molecular flexibility index (Phi) is 7.62. The summed E-state index contributed by atoms with van der Waals surface area (Å²) < 4.78 is 30.9. The Morgan fingerprint density at radius 3 is 2.56 bits per heavy atom. The van der Waals surface area contributed by atoms with Crippen molar-refractivity contribution in [1.29, 1.82) is 0 Å². The van der Waals surface area contributed by atoms with Gasteiger partial charge in [-0.15, -0.1) is 12.4 Å². The van der Waals surface area contributed by atoms with Crippen LogP contribution < -0.4 is 15.4 Å². The van der Waals surface area contributed by atoms with E-state index >= 15 is 0 Å². The van der Waals surface area contributed by atoms with Crippen molar-refractivity contribution in [2.75, 3.05) is 18.9 Å². The van der Waals surface area contributed by atoms with Gasteiger partial charge in [-0.3, -0.25) is 4.79 Å². The predicted molar refractivity (Wildman–Crippen MR) is 98.7 cm³/mol. The maximum Gasteiger partial charge on any atom is 0.273 e. The fourth-order valence-electron chi connectivity index (χ4n) is 2.16. The average Bonchev–Trinajstić information content (AvgIpc) is 2.97. The number of hydrogen-bond acceptors (Lipinski definition) is 5. The van der Waals surface area contributed by atoms with E-state index in [2.05, 4.69) is 15.4 Å². The Morgan fingerprint density at radius 2 is 1.92 bits per heavy atom. The lowest BCUT2D eigenvalue weighted by atomic mass is 10.1. The molecule has 25 heavy (non-hydrogen) atoms. The van der Waals surface area contributed by atoms with Gasteiger partial charge in [0.25, 0.3) is 15.9 Å². The summed E-state index contributed by atoms with van der Waals surface area (Å²) in [6.07, 6.45) is 0. The summed E-state index contributed by atoms with van der Waals surface area (Å²) in [6, 6.07) is 8.65. The summed E-state index contributed by atoms with van der Waals surface area (Å²) in [6.45, 7) is 4.99. The van der Waals surface area contributed by atoms with Crippen LogP contribution in [0.1, 0.15) is 28.6 Å². The predicted octanol–water partition coefficient (Wildman–Crippen LogP) is 2.28. The van der Waals surface area contributed by atoms with Crippen molar-refractivity contribution in [2.45, 2.75) is 25.5 Å². The van der Waals surface area contributed by atoms with Crippen LogP contribution in [0.25, 0.3) is 0 Å². The SMILES string of the molecule is CCNCc1ccccc1NC(=O)c1cc(S(=O)(=O)NC)oc1C.Cl. The molecule has 0 saturated carbocycles. The van der Waals surface area contributed by atoms with Crippen LogP contribution in [0.5, 0.6) is 0 Å². The van der Waals surface area contributed by atoms with Gasteiger partial charge in [-0.2, -0.15) is 0 Å². The Morgan fingerprint density at radius 1 is 1.24 bits per heavy atom. The van der Waals surface area contributed by atoms with Crippen LogP contribution >= 0.6 is 12.4 Å². The van der Waals surface area contributed by atoms with Gasteiger partial charge in [-0.25, -0.2) is 13.1 Å². The molecular formula is C16H22ClN3O4S. The number of benzene rings is 1. The maximum atomic E-state index is 12.5. The molecule has 0 radical (unpaired) electrons. The van der Waals surface area contributed by atoms with E-state index in [4.69, 9.17) is 4.42 Å². The molecule has 1 aromatic heterocycles. The second kappa shape index (κ2) is 9.00. The number of aryl methyl sites for hydroxylation is 1. The molecule has 2 rings (SSSR count). The molecule has 0 unspecified atom stereocenters. The van der Waals surface area contributed by atoms with Crippen molar-refractivity contribution in [1.82, 2.24) is 10.0 Å². The molecule has 9 heteroatoms. The molecule has 1 aromatic carbocycles. The van der Waals surface area contributed by atoms with Crippen molar-refractivity contribution in [3.8, 4) is 0 Å². The van der Waals surface area contributed by atoms with Gasteiger partial charge in [-0.05, 0) is 32.1 Å². The number of rotatable bonds is 7. The van der Waals surface area contributed by atoms with Crippen molar-refractivity contribution in [3.05, 3.63) is 47.2 Å². The molecule has 0 fully saturated rings. The van der Waals surface area contributed by atoms with Gasteiger partial charge < -0.3 is 15.1 Å². The molecular weight excluding hydrogens is 366 g/mol. The Balaban J connectivity index is 0.00000312. The van der Waals surface area contributed by atoms with E-state index in [-0.39, 0.29) is 28.8 Å². The fourth-order valence-corrected chi connectivity index (χ4v) is 2.87. The number of anilines is 1. The number of amides is 1. The standard InChI is InChI=1S/C16H21N3O4S.ClH/c1-4-18-10-12-7-5-6-8-14(12)19-16(20)13-9-15(23-11(13)2)24(21,22)17-3;/h5-9,17-18H,4,10H2,1-3H3,(H,19,20);1H. The van der Waals surface area contributed by atoms with Crippen LogP contribution in [0, 0.1) is 6.92 Å². The second-order valence-corrected chi connectivity index (χ2v) is 6.95. The van der Waals surface area contributed by atoms with Crippen LogP contribution in [0.2, 0.25) is 0 Å². The summed E-state index contributed by atoms with van der Waals surface area (Å²) in [5.74, 6) is -0.178. The first kappa shape index (κ1) is 21.2. The molecule has 1 amide bonds. The Hall–Kier alpha value is -1.87. The molecule has 3 N–H and O–H groups in total. The van der Waals surface area contributed by atoms with Crippen LogP contribution in [0.15, 0.2) is 39.8 Å². The summed E-state index contributed by atoms with van der Waals surface area (Å²) in [7, 11) is -2.45. The van der Waals surface area contributed by atoms with E-state index in [9.17, 15) is 13.2 Å². The molecule has 1 heterocycles. The van der Waals surface area contributed by atoms with Gasteiger partial charge in [0, 0.05) is 18.3 Å². The van der Waals surface area contributed by atoms with E-state index in [1.165, 1.54) is 13.1 Å². The molecule has 0 atom stereocenters. The zero-order valence-electron chi connectivity index (χ0n) is 14.3. The first-order valence-electron chi connectivity index (χ1n) is 7.53. The van der Waals surface area contributed by atoms with E-state index in [0.29, 0.717) is 12.2 Å². The minimum atomic E-state index is -3.73. The first-order valence-corrected chi connectivity index (χ1v) is 9.01. The van der Waals surface area contributed by atoms with Crippen LogP contribution in [-0.2, 0) is 16.6 Å². The number of nitrogens with one attached hydrogen (secondary N) is 3. The maximum absolute atomic E-state index is 12.5. The molecule has 0 aliphatic heterocycles. The quantitative estimate of drug-likeness (QED) is 0.676. The van der Waals surface area contributed by atoms with Gasteiger partial charge in [-0.1, -0.05) is 25.1 Å². The fraction of sp³-hybridized carbons (Fsp3) is 0.312. The van der Waals surface area contributed by atoms with Gasteiger partial charge in [0.2, 0.25) is 5.09 Å². The highest BCUT2D eigenvalue weighted by atomic mass is 35.5. The first-order chi connectivity index (χ1) is 11.4. The van der Waals surface area contributed by atoms with E-state index in [0.717, 1.165) is 12.1 Å². The number of carbonyl (C=O) groups excluding carboxylic acids is 1. The van der Waals surface area contributed by atoms with Crippen molar-refractivity contribution >= 4 is 34.0 Å². The summed E-state index contributed by atoms with van der Waals surface area (Å²) >= 11 is 0. The zero-order valence-corrected chi connectivity index (χ0v) is 15.9. The molecule has 0 bridgehead atoms. The Bertz CT molecular complexity index is 834. The van der Waals surface area contributed by atoms with Crippen LogP contribution in [0.3, 0.4) is 0 Å². The topological polar surface area (TPSA) is 100 Å². The van der Waals surface area contributed by atoms with Crippen LogP contribution in [0.4, 0.5) is 5.69 Å². The van der Waals surface area contributed by atoms with Crippen LogP contribution in [-0.4, -0.2) is 27.9 Å². The van der Waals surface area contributed by atoms with E-state index in [1.807, 2.05) is 25.1 Å². The molecule has 0 aliphatic rings. The minimum Gasteiger partial charge on any atom is -0.448 e. The van der Waals surface area contributed by atoms with Gasteiger partial charge in [0.15, 0.2) is 0 Å². The van der Waals surface area contributed by atoms with E-state index in [1.54, 1.807) is 13.0 Å². The highest BCUT2D eigenvalue weighted by Crippen LogP contribution is 2.21. The second-order valence-electron chi connectivity index (χ2n) is 5.13. The molecule has 7 nitrogen and oxygen atoms in total. The van der Waals surface area contributed by atoms with Gasteiger partial charge in [0.05, 0.1) is 5.56 Å². The molecule has 0 aliphatic carbocycles. The lowest BCUT2D eigenvalue weighted by Crippen LogP contribution is -2.18. The smallest absolute Gasteiger partial charge is 0.273 e. The highest BCUT2D eigenvalue weighted by Gasteiger charge is 2.22. The number of furan rings is 1. The number of halogens is 1. The van der Waals surface area contributed by atoms with E-state index < -0.39 is 15.9 Å². The number of para-hydroxylation sites is 1. The molecule has 2 aromatic rings. The number of sulfonamides is 1. The zero-order chi connectivity index (χ0) is 17.7. The lowest BCUT2D eigenvalue weighted by Gasteiger charge is -2.11. The lowest BCUT2D eigenvalue weighted by molar-refractivity contribution is 0.102.